The lowest BCUT2D eigenvalue weighted by atomic mass is 9.98. The molecule has 1 aliphatic heterocycles. The number of rotatable bonds is 7. The average molecular weight is 546 g/mol. The molecule has 0 radical (unpaired) electrons. The topological polar surface area (TPSA) is 116 Å². The summed E-state index contributed by atoms with van der Waals surface area (Å²) in [4.78, 5) is 52.3. The van der Waals surface area contributed by atoms with Crippen LogP contribution in [0.3, 0.4) is 0 Å². The number of likely N-dealkylation sites (N-methyl/N-ethyl adjacent to an activating group) is 1. The van der Waals surface area contributed by atoms with Crippen molar-refractivity contribution in [2.24, 2.45) is 5.92 Å². The fourth-order valence-electron chi connectivity index (χ4n) is 4.61. The number of ether oxygens (including phenoxy) is 1. The number of nitrogens with zero attached hydrogens (tertiary/aromatic N) is 5. The maximum atomic E-state index is 13.7. The van der Waals surface area contributed by atoms with Crippen molar-refractivity contribution in [1.29, 1.82) is 0 Å². The second-order valence-electron chi connectivity index (χ2n) is 10.4. The molecular formula is C30H35N5O5. The molecule has 40 heavy (non-hydrogen) atoms. The van der Waals surface area contributed by atoms with Gasteiger partial charge in [0, 0.05) is 68.9 Å². The van der Waals surface area contributed by atoms with Gasteiger partial charge in [-0.3, -0.25) is 19.4 Å². The summed E-state index contributed by atoms with van der Waals surface area (Å²) in [6.07, 6.45) is 4.30. The lowest BCUT2D eigenvalue weighted by Gasteiger charge is -2.37. The Bertz CT molecular complexity index is 1360. The van der Waals surface area contributed by atoms with E-state index < -0.39 is 12.1 Å². The number of benzene rings is 1. The van der Waals surface area contributed by atoms with Gasteiger partial charge < -0.3 is 24.5 Å². The fourth-order valence-corrected chi connectivity index (χ4v) is 4.61. The Labute approximate surface area is 234 Å². The van der Waals surface area contributed by atoms with Crippen molar-refractivity contribution in [2.45, 2.75) is 26.0 Å². The van der Waals surface area contributed by atoms with Crippen molar-refractivity contribution in [1.82, 2.24) is 24.7 Å². The molecule has 210 valence electrons. The highest BCUT2D eigenvalue weighted by Gasteiger charge is 2.35. The standard InChI is InChI=1S/C30H35N5O5/c1-19-16-35(20(2)18-36)30(39)25-14-24(21-6-8-22(9-7-21)28(37)33(3)4)15-32-27(25)40-26(19)17-34(5)29(38)23-10-12-31-13-11-23/h6-15,19-20,26,36H,16-18H2,1-5H3/t19-,20-,26+/m1/s1. The quantitative estimate of drug-likeness (QED) is 0.485. The summed E-state index contributed by atoms with van der Waals surface area (Å²) >= 11 is 0. The monoisotopic (exact) mass is 545 g/mol. The molecule has 1 N–H and O–H groups in total. The minimum Gasteiger partial charge on any atom is -0.472 e. The smallest absolute Gasteiger partial charge is 0.259 e. The number of aliphatic hydroxyl groups excluding tert-OH is 1. The first-order valence-corrected chi connectivity index (χ1v) is 13.2. The SMILES string of the molecule is C[C@@H]1CN([C@H](C)CO)C(=O)c2cc(-c3ccc(C(=O)N(C)C)cc3)cnc2O[C@H]1CN(C)C(=O)c1ccncc1. The van der Waals surface area contributed by atoms with Gasteiger partial charge in [0.25, 0.3) is 17.7 Å². The van der Waals surface area contributed by atoms with Crippen molar-refractivity contribution in [3.05, 3.63) is 77.7 Å². The Hall–Kier alpha value is -4.31. The Kier molecular flexibility index (Phi) is 8.79. The van der Waals surface area contributed by atoms with Crippen molar-refractivity contribution in [3.63, 3.8) is 0 Å². The van der Waals surface area contributed by atoms with E-state index in [0.29, 0.717) is 23.2 Å². The summed E-state index contributed by atoms with van der Waals surface area (Å²) in [5.74, 6) is -0.562. The first-order valence-electron chi connectivity index (χ1n) is 13.2. The van der Waals surface area contributed by atoms with Crippen LogP contribution in [0.1, 0.15) is 44.9 Å². The van der Waals surface area contributed by atoms with E-state index in [1.165, 1.54) is 4.90 Å². The van der Waals surface area contributed by atoms with Crippen LogP contribution in [0.4, 0.5) is 0 Å². The number of fused-ring (bicyclic) bond motifs is 1. The Morgan fingerprint density at radius 3 is 2.33 bits per heavy atom. The molecular weight excluding hydrogens is 510 g/mol. The van der Waals surface area contributed by atoms with Gasteiger partial charge in [-0.1, -0.05) is 19.1 Å². The number of aliphatic hydroxyl groups is 1. The van der Waals surface area contributed by atoms with E-state index in [1.807, 2.05) is 19.1 Å². The first-order chi connectivity index (χ1) is 19.1. The molecule has 0 bridgehead atoms. The molecule has 0 saturated carbocycles. The Morgan fingerprint density at radius 1 is 1.05 bits per heavy atom. The molecule has 2 aromatic heterocycles. The number of hydrogen-bond donors (Lipinski definition) is 1. The summed E-state index contributed by atoms with van der Waals surface area (Å²) in [6, 6.07) is 11.7. The molecule has 10 nitrogen and oxygen atoms in total. The van der Waals surface area contributed by atoms with Crippen molar-refractivity contribution in [3.8, 4) is 17.0 Å². The van der Waals surface area contributed by atoms with Crippen molar-refractivity contribution in [2.75, 3.05) is 40.8 Å². The highest BCUT2D eigenvalue weighted by molar-refractivity contribution is 5.98. The fraction of sp³-hybridized carbons (Fsp3) is 0.367. The maximum absolute atomic E-state index is 13.7. The molecule has 3 aromatic rings. The lowest BCUT2D eigenvalue weighted by molar-refractivity contribution is 0.0313. The van der Waals surface area contributed by atoms with Gasteiger partial charge in [0.05, 0.1) is 19.2 Å². The molecule has 1 aromatic carbocycles. The van der Waals surface area contributed by atoms with Crippen LogP contribution in [0.5, 0.6) is 5.88 Å². The second kappa shape index (κ2) is 12.3. The summed E-state index contributed by atoms with van der Waals surface area (Å²) in [6.45, 7) is 4.14. The lowest BCUT2D eigenvalue weighted by Crippen LogP contribution is -2.50. The van der Waals surface area contributed by atoms with Crippen LogP contribution in [-0.2, 0) is 0 Å². The van der Waals surface area contributed by atoms with E-state index in [0.717, 1.165) is 5.56 Å². The Morgan fingerprint density at radius 2 is 1.70 bits per heavy atom. The van der Waals surface area contributed by atoms with Gasteiger partial charge in [-0.15, -0.1) is 0 Å². The van der Waals surface area contributed by atoms with Crippen LogP contribution in [0.15, 0.2) is 61.1 Å². The summed E-state index contributed by atoms with van der Waals surface area (Å²) < 4.78 is 6.33. The van der Waals surface area contributed by atoms with E-state index in [1.54, 1.807) is 86.8 Å². The molecule has 0 saturated heterocycles. The predicted molar refractivity (Wildman–Crippen MR) is 150 cm³/mol. The minimum absolute atomic E-state index is 0.104. The molecule has 3 atom stereocenters. The maximum Gasteiger partial charge on any atom is 0.259 e. The Balaban J connectivity index is 1.67. The average Bonchev–Trinajstić information content (AvgIpc) is 2.97. The zero-order valence-electron chi connectivity index (χ0n) is 23.4. The molecule has 0 spiro atoms. The van der Waals surface area contributed by atoms with E-state index in [2.05, 4.69) is 9.97 Å². The molecule has 3 amide bonds. The van der Waals surface area contributed by atoms with E-state index in [-0.39, 0.29) is 48.2 Å². The van der Waals surface area contributed by atoms with Crippen LogP contribution in [0.25, 0.3) is 11.1 Å². The number of carbonyl (C=O) groups excluding carboxylic acids is 3. The minimum atomic E-state index is -0.467. The van der Waals surface area contributed by atoms with E-state index in [4.69, 9.17) is 4.74 Å². The van der Waals surface area contributed by atoms with Crippen LogP contribution in [-0.4, -0.2) is 100 Å². The van der Waals surface area contributed by atoms with Gasteiger partial charge in [0.2, 0.25) is 5.88 Å². The zero-order valence-corrected chi connectivity index (χ0v) is 23.4. The molecule has 0 unspecified atom stereocenters. The highest BCUT2D eigenvalue weighted by Crippen LogP contribution is 2.30. The second-order valence-corrected chi connectivity index (χ2v) is 10.4. The summed E-state index contributed by atoms with van der Waals surface area (Å²) in [7, 11) is 5.10. The third kappa shape index (κ3) is 6.12. The van der Waals surface area contributed by atoms with Gasteiger partial charge in [-0.25, -0.2) is 4.98 Å². The van der Waals surface area contributed by atoms with Crippen molar-refractivity contribution >= 4 is 17.7 Å². The molecule has 1 aliphatic rings. The van der Waals surface area contributed by atoms with E-state index >= 15 is 0 Å². The normalized spacial score (nSPS) is 17.6. The van der Waals surface area contributed by atoms with Gasteiger partial charge in [0.15, 0.2) is 0 Å². The number of hydrogen-bond acceptors (Lipinski definition) is 7. The zero-order chi connectivity index (χ0) is 29.0. The third-order valence-electron chi connectivity index (χ3n) is 7.12. The van der Waals surface area contributed by atoms with Crippen LogP contribution in [0, 0.1) is 5.92 Å². The molecule has 0 aliphatic carbocycles. The van der Waals surface area contributed by atoms with Crippen LogP contribution in [0.2, 0.25) is 0 Å². The number of aromatic nitrogens is 2. The third-order valence-corrected chi connectivity index (χ3v) is 7.12. The van der Waals surface area contributed by atoms with Gasteiger partial charge in [-0.05, 0) is 42.8 Å². The number of pyridine rings is 2. The highest BCUT2D eigenvalue weighted by atomic mass is 16.5. The first kappa shape index (κ1) is 28.7. The number of carbonyl (C=O) groups is 3. The van der Waals surface area contributed by atoms with Gasteiger partial charge in [-0.2, -0.15) is 0 Å². The van der Waals surface area contributed by atoms with E-state index in [9.17, 15) is 19.5 Å². The number of amides is 3. The van der Waals surface area contributed by atoms with Crippen molar-refractivity contribution < 1.29 is 24.2 Å². The predicted octanol–water partition coefficient (Wildman–Crippen LogP) is 2.84. The summed E-state index contributed by atoms with van der Waals surface area (Å²) in [5, 5.41) is 9.92. The molecule has 3 heterocycles. The summed E-state index contributed by atoms with van der Waals surface area (Å²) in [5.41, 5.74) is 2.81. The van der Waals surface area contributed by atoms with Gasteiger partial charge >= 0.3 is 0 Å². The molecule has 10 heteroatoms. The van der Waals surface area contributed by atoms with Crippen LogP contribution >= 0.6 is 0 Å². The largest absolute Gasteiger partial charge is 0.472 e. The molecule has 4 rings (SSSR count). The van der Waals surface area contributed by atoms with Gasteiger partial charge in [0.1, 0.15) is 11.7 Å². The molecule has 0 fully saturated rings. The van der Waals surface area contributed by atoms with Crippen LogP contribution < -0.4 is 4.74 Å².